The van der Waals surface area contributed by atoms with Gasteiger partial charge in [-0.05, 0) is 39.7 Å². The van der Waals surface area contributed by atoms with E-state index in [1.54, 1.807) is 0 Å². The summed E-state index contributed by atoms with van der Waals surface area (Å²) in [7, 11) is 0. The topological polar surface area (TPSA) is 29.9 Å². The van der Waals surface area contributed by atoms with Gasteiger partial charge < -0.3 is 5.32 Å². The number of nitrogens with one attached hydrogen (secondary N) is 1. The SMILES string of the molecule is CC(C)CCNC(C)c1cnn(C(C)C)c1. The Balaban J connectivity index is 2.43. The first-order chi connectivity index (χ1) is 7.50. The van der Waals surface area contributed by atoms with Gasteiger partial charge >= 0.3 is 0 Å². The van der Waals surface area contributed by atoms with E-state index in [9.17, 15) is 0 Å². The quantitative estimate of drug-likeness (QED) is 0.803. The number of aromatic nitrogens is 2. The van der Waals surface area contributed by atoms with Gasteiger partial charge in [0.2, 0.25) is 0 Å². The van der Waals surface area contributed by atoms with Gasteiger partial charge in [-0.3, -0.25) is 4.68 Å². The Morgan fingerprint density at radius 2 is 1.94 bits per heavy atom. The molecule has 0 amide bonds. The van der Waals surface area contributed by atoms with Crippen LogP contribution in [0.5, 0.6) is 0 Å². The maximum absolute atomic E-state index is 4.36. The fraction of sp³-hybridized carbons (Fsp3) is 0.769. The molecule has 0 aliphatic carbocycles. The summed E-state index contributed by atoms with van der Waals surface area (Å²) in [6.45, 7) is 12.1. The van der Waals surface area contributed by atoms with Crippen molar-refractivity contribution in [2.45, 2.75) is 53.1 Å². The molecule has 3 heteroatoms. The number of rotatable bonds is 6. The second-order valence-electron chi connectivity index (χ2n) is 5.21. The van der Waals surface area contributed by atoms with Gasteiger partial charge in [-0.1, -0.05) is 13.8 Å². The highest BCUT2D eigenvalue weighted by Gasteiger charge is 2.08. The molecule has 0 spiro atoms. The second-order valence-corrected chi connectivity index (χ2v) is 5.21. The molecule has 1 N–H and O–H groups in total. The van der Waals surface area contributed by atoms with Crippen molar-refractivity contribution in [1.29, 1.82) is 0 Å². The molecule has 1 heterocycles. The lowest BCUT2D eigenvalue weighted by atomic mass is 10.1. The van der Waals surface area contributed by atoms with E-state index in [1.807, 2.05) is 10.9 Å². The van der Waals surface area contributed by atoms with Crippen LogP contribution in [0.4, 0.5) is 0 Å². The Morgan fingerprint density at radius 3 is 2.44 bits per heavy atom. The van der Waals surface area contributed by atoms with Crippen LogP contribution in [0.3, 0.4) is 0 Å². The van der Waals surface area contributed by atoms with Gasteiger partial charge in [0, 0.05) is 23.8 Å². The highest BCUT2D eigenvalue weighted by atomic mass is 15.3. The Bertz CT molecular complexity index is 302. The third-order valence-corrected chi connectivity index (χ3v) is 2.82. The fourth-order valence-electron chi connectivity index (χ4n) is 1.57. The molecule has 0 saturated heterocycles. The molecule has 1 atom stereocenters. The van der Waals surface area contributed by atoms with Gasteiger partial charge in [-0.15, -0.1) is 0 Å². The van der Waals surface area contributed by atoms with Crippen LogP contribution in [0, 0.1) is 5.92 Å². The highest BCUT2D eigenvalue weighted by Crippen LogP contribution is 2.13. The first-order valence-corrected chi connectivity index (χ1v) is 6.28. The summed E-state index contributed by atoms with van der Waals surface area (Å²) in [5, 5.41) is 7.89. The molecule has 0 aliphatic rings. The molecule has 1 aromatic heterocycles. The number of nitrogens with zero attached hydrogens (tertiary/aromatic N) is 2. The predicted octanol–water partition coefficient (Wildman–Crippen LogP) is 3.16. The molecule has 1 unspecified atom stereocenters. The van der Waals surface area contributed by atoms with Crippen LogP contribution in [0.15, 0.2) is 12.4 Å². The van der Waals surface area contributed by atoms with E-state index >= 15 is 0 Å². The van der Waals surface area contributed by atoms with E-state index in [2.05, 4.69) is 51.2 Å². The summed E-state index contributed by atoms with van der Waals surface area (Å²) >= 11 is 0. The third-order valence-electron chi connectivity index (χ3n) is 2.82. The highest BCUT2D eigenvalue weighted by molar-refractivity contribution is 5.09. The maximum atomic E-state index is 4.36. The predicted molar refractivity (Wildman–Crippen MR) is 68.5 cm³/mol. The molecule has 0 saturated carbocycles. The Labute approximate surface area is 99.2 Å². The van der Waals surface area contributed by atoms with E-state index in [0.29, 0.717) is 12.1 Å². The van der Waals surface area contributed by atoms with Crippen molar-refractivity contribution in [3.8, 4) is 0 Å². The standard InChI is InChI=1S/C13H25N3/c1-10(2)6-7-14-12(5)13-8-15-16(9-13)11(3)4/h8-12,14H,6-7H2,1-5H3. The van der Waals surface area contributed by atoms with Gasteiger partial charge in [0.25, 0.3) is 0 Å². The van der Waals surface area contributed by atoms with Crippen molar-refractivity contribution in [3.63, 3.8) is 0 Å². The molecule has 0 aromatic carbocycles. The summed E-state index contributed by atoms with van der Waals surface area (Å²) in [5.41, 5.74) is 1.28. The summed E-state index contributed by atoms with van der Waals surface area (Å²) in [5.74, 6) is 0.762. The van der Waals surface area contributed by atoms with Gasteiger partial charge in [0.15, 0.2) is 0 Å². The molecule has 0 fully saturated rings. The largest absolute Gasteiger partial charge is 0.310 e. The van der Waals surface area contributed by atoms with Crippen LogP contribution in [-0.4, -0.2) is 16.3 Å². The van der Waals surface area contributed by atoms with Crippen molar-refractivity contribution in [2.24, 2.45) is 5.92 Å². The summed E-state index contributed by atoms with van der Waals surface area (Å²) in [6, 6.07) is 0.836. The van der Waals surface area contributed by atoms with Crippen molar-refractivity contribution in [1.82, 2.24) is 15.1 Å². The zero-order chi connectivity index (χ0) is 12.1. The summed E-state index contributed by atoms with van der Waals surface area (Å²) in [6.07, 6.45) is 5.33. The molecule has 1 rings (SSSR count). The Hall–Kier alpha value is -0.830. The lowest BCUT2D eigenvalue weighted by Gasteiger charge is -2.13. The zero-order valence-electron chi connectivity index (χ0n) is 11.2. The van der Waals surface area contributed by atoms with Crippen molar-refractivity contribution in [3.05, 3.63) is 18.0 Å². The van der Waals surface area contributed by atoms with Crippen LogP contribution in [0.2, 0.25) is 0 Å². The minimum Gasteiger partial charge on any atom is -0.310 e. The van der Waals surface area contributed by atoms with E-state index in [1.165, 1.54) is 12.0 Å². The van der Waals surface area contributed by atoms with Crippen LogP contribution < -0.4 is 5.32 Å². The van der Waals surface area contributed by atoms with Crippen LogP contribution >= 0.6 is 0 Å². The molecular weight excluding hydrogens is 198 g/mol. The zero-order valence-corrected chi connectivity index (χ0v) is 11.2. The smallest absolute Gasteiger partial charge is 0.0537 e. The first kappa shape index (κ1) is 13.2. The van der Waals surface area contributed by atoms with Crippen molar-refractivity contribution < 1.29 is 0 Å². The average molecular weight is 223 g/mol. The molecule has 0 aliphatic heterocycles. The lowest BCUT2D eigenvalue weighted by Crippen LogP contribution is -2.20. The van der Waals surface area contributed by atoms with Crippen LogP contribution in [-0.2, 0) is 0 Å². The molecule has 0 bridgehead atoms. The lowest BCUT2D eigenvalue weighted by molar-refractivity contribution is 0.495. The van der Waals surface area contributed by atoms with Gasteiger partial charge in [-0.25, -0.2) is 0 Å². The third kappa shape index (κ3) is 3.97. The number of hydrogen-bond donors (Lipinski definition) is 1. The van der Waals surface area contributed by atoms with Crippen molar-refractivity contribution >= 4 is 0 Å². The average Bonchev–Trinajstić information content (AvgIpc) is 2.65. The van der Waals surface area contributed by atoms with Gasteiger partial charge in [0.05, 0.1) is 6.20 Å². The van der Waals surface area contributed by atoms with Crippen LogP contribution in [0.25, 0.3) is 0 Å². The van der Waals surface area contributed by atoms with Crippen molar-refractivity contribution in [2.75, 3.05) is 6.54 Å². The molecule has 92 valence electrons. The minimum atomic E-state index is 0.395. The fourth-order valence-corrected chi connectivity index (χ4v) is 1.57. The van der Waals surface area contributed by atoms with E-state index in [0.717, 1.165) is 12.5 Å². The monoisotopic (exact) mass is 223 g/mol. The number of hydrogen-bond acceptors (Lipinski definition) is 2. The molecule has 16 heavy (non-hydrogen) atoms. The molecule has 1 aromatic rings. The van der Waals surface area contributed by atoms with E-state index in [-0.39, 0.29) is 0 Å². The first-order valence-electron chi connectivity index (χ1n) is 6.28. The Morgan fingerprint density at radius 1 is 1.25 bits per heavy atom. The molecule has 0 radical (unpaired) electrons. The maximum Gasteiger partial charge on any atom is 0.0537 e. The summed E-state index contributed by atoms with van der Waals surface area (Å²) in [4.78, 5) is 0. The van der Waals surface area contributed by atoms with Crippen LogP contribution in [0.1, 0.15) is 58.7 Å². The Kier molecular flexibility index (Phi) is 5.00. The summed E-state index contributed by atoms with van der Waals surface area (Å²) < 4.78 is 2.01. The van der Waals surface area contributed by atoms with Gasteiger partial charge in [-0.2, -0.15) is 5.10 Å². The normalized spacial score (nSPS) is 13.7. The second kappa shape index (κ2) is 6.04. The minimum absolute atomic E-state index is 0.395. The van der Waals surface area contributed by atoms with Gasteiger partial charge in [0.1, 0.15) is 0 Å². The van der Waals surface area contributed by atoms with E-state index < -0.39 is 0 Å². The van der Waals surface area contributed by atoms with E-state index in [4.69, 9.17) is 0 Å². The molecular formula is C13H25N3. The molecule has 3 nitrogen and oxygen atoms in total.